The molecule has 0 aliphatic carbocycles. The summed E-state index contributed by atoms with van der Waals surface area (Å²) in [4.78, 5) is -0.182. The lowest BCUT2D eigenvalue weighted by molar-refractivity contribution is 0.414. The maximum Gasteiger partial charge on any atom is 0.124 e. The molecule has 1 unspecified atom stereocenters. The Hall–Kier alpha value is -0.580. The van der Waals surface area contributed by atoms with Crippen molar-refractivity contribution >= 4 is 43.5 Å². The first-order chi connectivity index (χ1) is 9.01. The number of halogens is 4. The van der Waals surface area contributed by atoms with Crippen LogP contribution in [0.25, 0.3) is 0 Å². The molecule has 0 amide bonds. The lowest BCUT2D eigenvalue weighted by atomic mass is 10.0. The van der Waals surface area contributed by atoms with Crippen molar-refractivity contribution in [1.29, 1.82) is 0 Å². The van der Waals surface area contributed by atoms with E-state index in [0.29, 0.717) is 15.2 Å². The second-order valence-electron chi connectivity index (χ2n) is 3.95. The highest BCUT2D eigenvalue weighted by atomic mass is 79.9. The Kier molecular flexibility index (Phi) is 4.87. The summed E-state index contributed by atoms with van der Waals surface area (Å²) in [6.07, 6.45) is 0. The van der Waals surface area contributed by atoms with Crippen LogP contribution in [0.1, 0.15) is 16.0 Å². The summed E-state index contributed by atoms with van der Waals surface area (Å²) in [5.74, 6) is 0.396. The number of rotatable bonds is 3. The standard InChI is InChI=1S/C14H10Br2ClFO/c1-19-11-2-3-12(13(17)7-11)14(16)8-4-9(15)6-10(18)5-8/h2-7,14H,1H3. The smallest absolute Gasteiger partial charge is 0.124 e. The third kappa shape index (κ3) is 3.50. The van der Waals surface area contributed by atoms with Crippen LogP contribution in [-0.4, -0.2) is 7.11 Å². The van der Waals surface area contributed by atoms with Gasteiger partial charge in [0.15, 0.2) is 0 Å². The number of benzene rings is 2. The zero-order valence-corrected chi connectivity index (χ0v) is 13.9. The Balaban J connectivity index is 2.40. The monoisotopic (exact) mass is 406 g/mol. The summed E-state index contributed by atoms with van der Waals surface area (Å²) in [7, 11) is 1.58. The molecule has 0 radical (unpaired) electrons. The molecule has 0 saturated heterocycles. The fraction of sp³-hybridized carbons (Fsp3) is 0.143. The minimum absolute atomic E-state index is 0.182. The van der Waals surface area contributed by atoms with Crippen molar-refractivity contribution in [3.05, 3.63) is 62.8 Å². The zero-order valence-electron chi connectivity index (χ0n) is 9.96. The Morgan fingerprint density at radius 3 is 2.53 bits per heavy atom. The van der Waals surface area contributed by atoms with E-state index in [2.05, 4.69) is 31.9 Å². The fourth-order valence-corrected chi connectivity index (χ4v) is 3.30. The molecule has 5 heteroatoms. The second-order valence-corrected chi connectivity index (χ2v) is 6.19. The quantitative estimate of drug-likeness (QED) is 0.589. The van der Waals surface area contributed by atoms with Crippen molar-refractivity contribution in [2.24, 2.45) is 0 Å². The molecule has 0 heterocycles. The maximum atomic E-state index is 13.4. The molecule has 1 atom stereocenters. The summed E-state index contributed by atoms with van der Waals surface area (Å²) < 4.78 is 19.2. The third-order valence-corrected chi connectivity index (χ3v) is 4.47. The Morgan fingerprint density at radius 1 is 1.21 bits per heavy atom. The minimum Gasteiger partial charge on any atom is -0.497 e. The maximum absolute atomic E-state index is 13.4. The van der Waals surface area contributed by atoms with Crippen molar-refractivity contribution in [3.63, 3.8) is 0 Å². The average molecular weight is 408 g/mol. The van der Waals surface area contributed by atoms with E-state index in [1.54, 1.807) is 13.2 Å². The molecule has 0 fully saturated rings. The van der Waals surface area contributed by atoms with Gasteiger partial charge in [0.25, 0.3) is 0 Å². The van der Waals surface area contributed by atoms with Crippen LogP contribution in [0.2, 0.25) is 5.02 Å². The van der Waals surface area contributed by atoms with Gasteiger partial charge in [-0.1, -0.05) is 49.5 Å². The van der Waals surface area contributed by atoms with Crippen molar-refractivity contribution < 1.29 is 9.13 Å². The van der Waals surface area contributed by atoms with Crippen LogP contribution >= 0.6 is 43.5 Å². The van der Waals surface area contributed by atoms with Gasteiger partial charge in [-0.25, -0.2) is 4.39 Å². The molecule has 2 rings (SSSR count). The van der Waals surface area contributed by atoms with E-state index in [1.807, 2.05) is 18.2 Å². The molecule has 0 aliphatic heterocycles. The van der Waals surface area contributed by atoms with Gasteiger partial charge in [0.1, 0.15) is 11.6 Å². The van der Waals surface area contributed by atoms with E-state index in [4.69, 9.17) is 16.3 Å². The van der Waals surface area contributed by atoms with Gasteiger partial charge in [0.05, 0.1) is 11.9 Å². The Bertz CT molecular complexity index is 584. The molecular weight excluding hydrogens is 398 g/mol. The van der Waals surface area contributed by atoms with Gasteiger partial charge in [0.2, 0.25) is 0 Å². The topological polar surface area (TPSA) is 9.23 Å². The summed E-state index contributed by atoms with van der Waals surface area (Å²) >= 11 is 13.0. The SMILES string of the molecule is COc1ccc(C(Br)c2cc(F)cc(Br)c2)c(Cl)c1. The van der Waals surface area contributed by atoms with Gasteiger partial charge in [-0.15, -0.1) is 0 Å². The molecule has 0 saturated carbocycles. The Morgan fingerprint density at radius 2 is 1.95 bits per heavy atom. The van der Waals surface area contributed by atoms with Crippen LogP contribution in [0, 0.1) is 5.82 Å². The van der Waals surface area contributed by atoms with Crippen LogP contribution in [0.5, 0.6) is 5.75 Å². The number of methoxy groups -OCH3 is 1. The minimum atomic E-state index is -0.293. The molecule has 0 aliphatic rings. The number of hydrogen-bond acceptors (Lipinski definition) is 1. The highest BCUT2D eigenvalue weighted by molar-refractivity contribution is 9.10. The molecular formula is C14H10Br2ClFO. The van der Waals surface area contributed by atoms with E-state index in [-0.39, 0.29) is 10.6 Å². The average Bonchev–Trinajstić information content (AvgIpc) is 2.36. The van der Waals surface area contributed by atoms with Gasteiger partial charge in [-0.05, 0) is 41.5 Å². The largest absolute Gasteiger partial charge is 0.497 e. The fourth-order valence-electron chi connectivity index (χ4n) is 1.74. The lowest BCUT2D eigenvalue weighted by Gasteiger charge is -2.14. The van der Waals surface area contributed by atoms with Gasteiger partial charge in [-0.3, -0.25) is 0 Å². The Labute approximate surface area is 133 Å². The van der Waals surface area contributed by atoms with Crippen molar-refractivity contribution in [1.82, 2.24) is 0 Å². The number of alkyl halides is 1. The summed E-state index contributed by atoms with van der Waals surface area (Å²) in [5, 5.41) is 0.571. The molecule has 1 nitrogen and oxygen atoms in total. The summed E-state index contributed by atoms with van der Waals surface area (Å²) in [5.41, 5.74) is 1.65. The highest BCUT2D eigenvalue weighted by Crippen LogP contribution is 2.37. The lowest BCUT2D eigenvalue weighted by Crippen LogP contribution is -1.96. The van der Waals surface area contributed by atoms with E-state index >= 15 is 0 Å². The first-order valence-electron chi connectivity index (χ1n) is 5.44. The molecule has 100 valence electrons. The van der Waals surface area contributed by atoms with Crippen LogP contribution in [-0.2, 0) is 0 Å². The predicted octanol–water partition coefficient (Wildman–Crippen LogP) is 5.73. The van der Waals surface area contributed by atoms with Crippen molar-refractivity contribution in [3.8, 4) is 5.75 Å². The van der Waals surface area contributed by atoms with Crippen LogP contribution in [0.4, 0.5) is 4.39 Å². The van der Waals surface area contributed by atoms with Crippen molar-refractivity contribution in [2.75, 3.05) is 7.11 Å². The van der Waals surface area contributed by atoms with Gasteiger partial charge >= 0.3 is 0 Å². The molecule has 2 aromatic rings. The highest BCUT2D eigenvalue weighted by Gasteiger charge is 2.15. The third-order valence-electron chi connectivity index (χ3n) is 2.66. The van der Waals surface area contributed by atoms with E-state index in [0.717, 1.165) is 11.1 Å². The first kappa shape index (κ1) is 14.8. The van der Waals surface area contributed by atoms with Gasteiger partial charge in [-0.2, -0.15) is 0 Å². The van der Waals surface area contributed by atoms with Crippen LogP contribution in [0.3, 0.4) is 0 Å². The molecule has 0 spiro atoms. The number of hydrogen-bond donors (Lipinski definition) is 0. The molecule has 2 aromatic carbocycles. The predicted molar refractivity (Wildman–Crippen MR) is 82.9 cm³/mol. The van der Waals surface area contributed by atoms with Gasteiger partial charge < -0.3 is 4.74 Å². The summed E-state index contributed by atoms with van der Waals surface area (Å²) in [6, 6.07) is 10.2. The zero-order chi connectivity index (χ0) is 14.0. The van der Waals surface area contributed by atoms with Crippen LogP contribution in [0.15, 0.2) is 40.9 Å². The summed E-state index contributed by atoms with van der Waals surface area (Å²) in [6.45, 7) is 0. The van der Waals surface area contributed by atoms with E-state index < -0.39 is 0 Å². The molecule has 0 aromatic heterocycles. The normalized spacial score (nSPS) is 12.3. The molecule has 0 N–H and O–H groups in total. The first-order valence-corrected chi connectivity index (χ1v) is 7.53. The number of ether oxygens (including phenoxy) is 1. The second kappa shape index (κ2) is 6.25. The molecule has 0 bridgehead atoms. The van der Waals surface area contributed by atoms with E-state index in [1.165, 1.54) is 12.1 Å². The van der Waals surface area contributed by atoms with E-state index in [9.17, 15) is 4.39 Å². The van der Waals surface area contributed by atoms with Crippen LogP contribution < -0.4 is 4.74 Å². The van der Waals surface area contributed by atoms with Gasteiger partial charge in [0, 0.05) is 9.50 Å². The van der Waals surface area contributed by atoms with Crippen molar-refractivity contribution in [2.45, 2.75) is 4.83 Å². The molecule has 19 heavy (non-hydrogen) atoms.